The standard InChI is InChI=1S/C23H27N7O9P2S2/c24-20-19-21(26-10-25-20)30(12-28-19)23-17(7-14(38-23)9-35-40(32,33)42)39-41(34,43)36-8-13-5-6-18(37-13)29-11-27-16-4-2-1-3-15(16)22(29)31/h1-4,10-14,17-18,23H,5-9H2,(H,34,43)(H2,24,25,26)(H2,32,33,42)/t13-,14-,17?,18+,23+,41?/m0/s1. The van der Waals surface area contributed by atoms with Crippen LogP contribution in [0, 0.1) is 0 Å². The van der Waals surface area contributed by atoms with E-state index in [1.807, 2.05) is 6.07 Å². The van der Waals surface area contributed by atoms with Crippen LogP contribution in [0.5, 0.6) is 0 Å². The number of fused-ring (bicyclic) bond motifs is 2. The normalized spacial score (nSPS) is 25.9. The van der Waals surface area contributed by atoms with Gasteiger partial charge in [-0.1, -0.05) is 24.4 Å². The number of hydrogen-bond acceptors (Lipinski definition) is 13. The van der Waals surface area contributed by atoms with Crippen molar-refractivity contribution in [1.29, 1.82) is 0 Å². The van der Waals surface area contributed by atoms with Gasteiger partial charge in [-0.2, -0.15) is 0 Å². The van der Waals surface area contributed by atoms with Crippen molar-refractivity contribution < 1.29 is 37.4 Å². The molecule has 2 aliphatic heterocycles. The topological polar surface area (TPSA) is 208 Å². The minimum atomic E-state index is -4.01. The highest BCUT2D eigenvalue weighted by molar-refractivity contribution is 8.44. The molecule has 6 rings (SSSR count). The van der Waals surface area contributed by atoms with Gasteiger partial charge in [0.05, 0.1) is 42.7 Å². The third-order valence-corrected chi connectivity index (χ3v) is 9.46. The summed E-state index contributed by atoms with van der Waals surface area (Å²) < 4.78 is 44.8. The Labute approximate surface area is 254 Å². The number of nitrogen functional groups attached to an aromatic ring is 1. The zero-order valence-corrected chi connectivity index (χ0v) is 25.7. The summed E-state index contributed by atoms with van der Waals surface area (Å²) in [6, 6.07) is 7.05. The maximum absolute atomic E-state index is 13.4. The summed E-state index contributed by atoms with van der Waals surface area (Å²) in [6.45, 7) is -8.33. The van der Waals surface area contributed by atoms with Crippen molar-refractivity contribution >= 4 is 65.5 Å². The molecule has 4 N–H and O–H groups in total. The number of benzene rings is 1. The van der Waals surface area contributed by atoms with Crippen LogP contribution in [-0.4, -0.2) is 70.4 Å². The lowest BCUT2D eigenvalue weighted by Gasteiger charge is -2.24. The molecule has 4 aromatic rings. The predicted octanol–water partition coefficient (Wildman–Crippen LogP) is 2.45. The molecule has 1 aromatic carbocycles. The molecule has 20 heteroatoms. The number of thiol groups is 1. The van der Waals surface area contributed by atoms with Gasteiger partial charge in [-0.25, -0.2) is 24.5 Å². The molecule has 2 aliphatic rings. The third kappa shape index (κ3) is 6.84. The van der Waals surface area contributed by atoms with E-state index in [9.17, 15) is 19.1 Å². The van der Waals surface area contributed by atoms with Crippen LogP contribution in [-0.2, 0) is 39.4 Å². The fraction of sp³-hybridized carbons (Fsp3) is 0.435. The van der Waals surface area contributed by atoms with Crippen molar-refractivity contribution in [2.24, 2.45) is 0 Å². The molecule has 0 amide bonds. The van der Waals surface area contributed by atoms with E-state index in [1.54, 1.807) is 18.2 Å². The van der Waals surface area contributed by atoms with Gasteiger partial charge >= 0.3 is 13.5 Å². The van der Waals surface area contributed by atoms with Crippen LogP contribution in [0.2, 0.25) is 0 Å². The van der Waals surface area contributed by atoms with E-state index in [-0.39, 0.29) is 31.0 Å². The summed E-state index contributed by atoms with van der Waals surface area (Å²) in [5.74, 6) is 0.153. The van der Waals surface area contributed by atoms with E-state index in [0.29, 0.717) is 34.9 Å². The molecule has 2 unspecified atom stereocenters. The van der Waals surface area contributed by atoms with Crippen molar-refractivity contribution in [3.63, 3.8) is 0 Å². The SMILES string of the molecule is Nc1ncnc2c1ncn2[C@@H]1O[C@H](COP(O)(O)=S)CC1OP(=O)(S)OC[C@@H]1CC[C@H](n2cnc3ccccc3c2=O)O1. The van der Waals surface area contributed by atoms with Gasteiger partial charge in [-0.15, -0.1) is 0 Å². The zero-order valence-electron chi connectivity index (χ0n) is 22.2. The Kier molecular flexibility index (Phi) is 8.71. The fourth-order valence-corrected chi connectivity index (χ4v) is 7.13. The molecule has 16 nitrogen and oxygen atoms in total. The monoisotopic (exact) mass is 671 g/mol. The van der Waals surface area contributed by atoms with Crippen molar-refractivity contribution in [3.8, 4) is 0 Å². The first kappa shape index (κ1) is 30.7. The molecule has 6 atom stereocenters. The Bertz CT molecular complexity index is 1800. The number of hydrogen-bond donors (Lipinski definition) is 4. The second kappa shape index (κ2) is 12.2. The van der Waals surface area contributed by atoms with Crippen molar-refractivity contribution in [1.82, 2.24) is 29.1 Å². The van der Waals surface area contributed by atoms with E-state index in [0.717, 1.165) is 0 Å². The molecule has 43 heavy (non-hydrogen) atoms. The largest absolute Gasteiger partial charge is 0.386 e. The lowest BCUT2D eigenvalue weighted by Crippen LogP contribution is -2.26. The summed E-state index contributed by atoms with van der Waals surface area (Å²) in [5.41, 5.74) is 6.94. The van der Waals surface area contributed by atoms with E-state index in [1.165, 1.54) is 28.1 Å². The van der Waals surface area contributed by atoms with E-state index in [4.69, 9.17) is 28.8 Å². The second-order valence-electron chi connectivity index (χ2n) is 9.93. The zero-order chi connectivity index (χ0) is 30.4. The number of anilines is 1. The summed E-state index contributed by atoms with van der Waals surface area (Å²) in [7, 11) is 0. The molecular formula is C23H27N7O9P2S2. The number of ether oxygens (including phenoxy) is 2. The number of nitrogens with zero attached hydrogens (tertiary/aromatic N) is 6. The van der Waals surface area contributed by atoms with Gasteiger partial charge in [0.1, 0.15) is 30.5 Å². The van der Waals surface area contributed by atoms with E-state index < -0.39 is 44.3 Å². The molecule has 230 valence electrons. The van der Waals surface area contributed by atoms with Gasteiger partial charge < -0.3 is 29.5 Å². The van der Waals surface area contributed by atoms with Crippen LogP contribution >= 0.6 is 25.8 Å². The van der Waals surface area contributed by atoms with Gasteiger partial charge in [0.15, 0.2) is 17.7 Å². The number of aromatic nitrogens is 6. The van der Waals surface area contributed by atoms with Gasteiger partial charge in [0, 0.05) is 6.42 Å². The molecule has 2 saturated heterocycles. The van der Waals surface area contributed by atoms with Crippen LogP contribution in [0.4, 0.5) is 5.82 Å². The van der Waals surface area contributed by atoms with Crippen molar-refractivity contribution in [2.75, 3.05) is 18.9 Å². The summed E-state index contributed by atoms with van der Waals surface area (Å²) in [6.07, 6.45) is 1.66. The van der Waals surface area contributed by atoms with Gasteiger partial charge in [0.2, 0.25) is 0 Å². The van der Waals surface area contributed by atoms with Gasteiger partial charge in [-0.05, 0) is 36.8 Å². The quantitative estimate of drug-likeness (QED) is 0.141. The Morgan fingerprint density at radius 3 is 2.63 bits per heavy atom. The Balaban J connectivity index is 1.13. The van der Waals surface area contributed by atoms with E-state index in [2.05, 4.69) is 44.0 Å². The second-order valence-corrected chi connectivity index (χ2v) is 15.5. The minimum Gasteiger partial charge on any atom is -0.382 e. The molecule has 5 heterocycles. The first-order chi connectivity index (χ1) is 20.5. The average molecular weight is 672 g/mol. The molecule has 0 spiro atoms. The number of para-hydroxylation sites is 1. The fourth-order valence-electron chi connectivity index (χ4n) is 5.08. The minimum absolute atomic E-state index is 0.105. The molecule has 2 fully saturated rings. The lowest BCUT2D eigenvalue weighted by molar-refractivity contribution is -0.0461. The lowest BCUT2D eigenvalue weighted by atomic mass is 10.2. The van der Waals surface area contributed by atoms with Gasteiger partial charge in [0.25, 0.3) is 5.56 Å². The molecular weight excluding hydrogens is 644 g/mol. The summed E-state index contributed by atoms with van der Waals surface area (Å²) >= 11 is 8.71. The predicted molar refractivity (Wildman–Crippen MR) is 160 cm³/mol. The number of nitrogens with two attached hydrogens (primary N) is 1. The maximum atomic E-state index is 13.4. The van der Waals surface area contributed by atoms with Crippen LogP contribution in [0.15, 0.2) is 48.0 Å². The van der Waals surface area contributed by atoms with Crippen LogP contribution in [0.25, 0.3) is 22.1 Å². The Morgan fingerprint density at radius 2 is 1.81 bits per heavy atom. The maximum Gasteiger partial charge on any atom is 0.386 e. The van der Waals surface area contributed by atoms with Crippen molar-refractivity contribution in [3.05, 3.63) is 53.6 Å². The molecule has 0 radical (unpaired) electrons. The first-order valence-corrected chi connectivity index (χ1v) is 18.4. The smallest absolute Gasteiger partial charge is 0.382 e. The molecule has 0 aliphatic carbocycles. The highest BCUT2D eigenvalue weighted by Gasteiger charge is 2.43. The Morgan fingerprint density at radius 1 is 1.05 bits per heavy atom. The first-order valence-electron chi connectivity index (χ1n) is 13.0. The van der Waals surface area contributed by atoms with Gasteiger partial charge in [-0.3, -0.25) is 23.0 Å². The van der Waals surface area contributed by atoms with E-state index >= 15 is 0 Å². The summed E-state index contributed by atoms with van der Waals surface area (Å²) in [5, 5.41) is 0.483. The van der Waals surface area contributed by atoms with Crippen LogP contribution in [0.3, 0.4) is 0 Å². The number of imidazole rings is 1. The average Bonchev–Trinajstić information content (AvgIpc) is 3.70. The molecule has 0 bridgehead atoms. The number of rotatable bonds is 10. The third-order valence-electron chi connectivity index (χ3n) is 7.01. The molecule has 0 saturated carbocycles. The van der Waals surface area contributed by atoms with Crippen LogP contribution in [0.1, 0.15) is 31.7 Å². The highest BCUT2D eigenvalue weighted by Crippen LogP contribution is 2.57. The molecule has 3 aromatic heterocycles. The van der Waals surface area contributed by atoms with Crippen molar-refractivity contribution in [2.45, 2.75) is 50.0 Å². The Hall–Kier alpha value is -2.34. The highest BCUT2D eigenvalue weighted by atomic mass is 32.7. The summed E-state index contributed by atoms with van der Waals surface area (Å²) in [4.78, 5) is 48.7. The van der Waals surface area contributed by atoms with Crippen LogP contribution < -0.4 is 11.3 Å².